The molecular formula is C36H51N3O7. The van der Waals surface area contributed by atoms with Crippen LogP contribution in [0.2, 0.25) is 0 Å². The van der Waals surface area contributed by atoms with E-state index in [0.717, 1.165) is 18.4 Å². The number of ether oxygens (including phenoxy) is 2. The molecule has 3 amide bonds. The molecule has 2 bridgehead atoms. The number of allylic oxidation sites excluding steroid dienone is 1. The quantitative estimate of drug-likeness (QED) is 0.133. The van der Waals surface area contributed by atoms with E-state index in [0.29, 0.717) is 51.6 Å². The van der Waals surface area contributed by atoms with E-state index >= 15 is 0 Å². The minimum Gasteiger partial charge on any atom is -0.463 e. The predicted octanol–water partition coefficient (Wildman–Crippen LogP) is 4.09. The average molecular weight is 638 g/mol. The van der Waals surface area contributed by atoms with E-state index in [-0.39, 0.29) is 49.4 Å². The standard InChI is InChI=1S/C36H51N3O7/c1-5-8-18-29(41)45-24-27(26-16-11-9-12-17-26)37-33(42)30-28-19-20-36(46-28)31(30)34(43)39(22-13-10-14-23-40)32(36)35(44)38(21-7-3)25(4)15-6-2/h5,7,9,11-12,16-17,25,27-28,30-32,40H,1,3,6,8,10,13-15,18-24H2,2,4H3,(H,37,42)/t25?,27-,28+,30-,31-,32+,36-/m0/s1. The lowest BCUT2D eigenvalue weighted by molar-refractivity contribution is -0.149. The van der Waals surface area contributed by atoms with Gasteiger partial charge in [0.05, 0.1) is 24.0 Å². The van der Waals surface area contributed by atoms with Gasteiger partial charge >= 0.3 is 5.97 Å². The van der Waals surface area contributed by atoms with Crippen molar-refractivity contribution in [3.63, 3.8) is 0 Å². The van der Waals surface area contributed by atoms with E-state index in [1.807, 2.05) is 37.3 Å². The molecule has 3 fully saturated rings. The number of nitrogens with one attached hydrogen (secondary N) is 1. The molecule has 10 heteroatoms. The van der Waals surface area contributed by atoms with Crippen LogP contribution < -0.4 is 5.32 Å². The molecule has 1 spiro atoms. The Morgan fingerprint density at radius 1 is 1.20 bits per heavy atom. The molecule has 2 N–H and O–H groups in total. The molecule has 1 aromatic rings. The zero-order chi connectivity index (χ0) is 33.3. The first-order valence-corrected chi connectivity index (χ1v) is 16.9. The Balaban J connectivity index is 1.63. The van der Waals surface area contributed by atoms with Crippen molar-refractivity contribution in [3.05, 3.63) is 61.2 Å². The molecule has 7 atom stereocenters. The number of carbonyl (C=O) groups is 4. The fourth-order valence-corrected chi connectivity index (χ4v) is 7.54. The maximum Gasteiger partial charge on any atom is 0.306 e. The normalized spacial score (nSPS) is 25.9. The van der Waals surface area contributed by atoms with E-state index in [2.05, 4.69) is 25.4 Å². The maximum absolute atomic E-state index is 14.5. The van der Waals surface area contributed by atoms with Crippen LogP contribution in [0.3, 0.4) is 0 Å². The number of hydrogen-bond acceptors (Lipinski definition) is 7. The molecule has 0 aliphatic carbocycles. The number of fused-ring (bicyclic) bond motifs is 1. The number of aliphatic hydroxyl groups excluding tert-OH is 1. The number of amides is 3. The fraction of sp³-hybridized carbons (Fsp3) is 0.611. The first-order valence-electron chi connectivity index (χ1n) is 16.9. The van der Waals surface area contributed by atoms with Crippen molar-refractivity contribution in [2.24, 2.45) is 11.8 Å². The summed E-state index contributed by atoms with van der Waals surface area (Å²) in [6, 6.07) is 7.75. The minimum atomic E-state index is -1.11. The van der Waals surface area contributed by atoms with Crippen molar-refractivity contribution in [2.75, 3.05) is 26.3 Å². The molecule has 0 saturated carbocycles. The smallest absolute Gasteiger partial charge is 0.306 e. The lowest BCUT2D eigenvalue weighted by Gasteiger charge is -2.39. The molecule has 1 unspecified atom stereocenters. The van der Waals surface area contributed by atoms with Gasteiger partial charge in [0.2, 0.25) is 17.7 Å². The SMILES string of the molecule is C=CCCC(=O)OC[C@H](NC(=O)[C@@H]1[C@H]2C(=O)N(CCCCCO)[C@H](C(=O)N(CC=C)C(C)CCC)[C@]23CC[C@H]1O3)c1ccccc1. The Morgan fingerprint density at radius 2 is 1.96 bits per heavy atom. The first-order chi connectivity index (χ1) is 22.2. The fourth-order valence-electron chi connectivity index (χ4n) is 7.54. The summed E-state index contributed by atoms with van der Waals surface area (Å²) < 4.78 is 12.2. The Hall–Kier alpha value is -3.50. The number of hydrogen-bond donors (Lipinski definition) is 2. The highest BCUT2D eigenvalue weighted by molar-refractivity contribution is 5.99. The minimum absolute atomic E-state index is 0.0579. The van der Waals surface area contributed by atoms with Gasteiger partial charge in [-0.3, -0.25) is 19.2 Å². The molecule has 3 heterocycles. The van der Waals surface area contributed by atoms with Crippen molar-refractivity contribution in [2.45, 2.75) is 101 Å². The van der Waals surface area contributed by atoms with Gasteiger partial charge in [-0.1, -0.05) is 55.8 Å². The molecule has 10 nitrogen and oxygen atoms in total. The number of esters is 1. The number of nitrogens with zero attached hydrogens (tertiary/aromatic N) is 2. The first kappa shape index (κ1) is 35.4. The summed E-state index contributed by atoms with van der Waals surface area (Å²) in [7, 11) is 0. The summed E-state index contributed by atoms with van der Waals surface area (Å²) in [4.78, 5) is 58.8. The van der Waals surface area contributed by atoms with Gasteiger partial charge in [-0.2, -0.15) is 0 Å². The zero-order valence-electron chi connectivity index (χ0n) is 27.4. The number of carbonyl (C=O) groups excluding carboxylic acids is 4. The Labute approximate surface area is 273 Å². The van der Waals surface area contributed by atoms with Crippen molar-refractivity contribution < 1.29 is 33.8 Å². The molecular weight excluding hydrogens is 586 g/mol. The van der Waals surface area contributed by atoms with Gasteiger partial charge in [0, 0.05) is 32.2 Å². The van der Waals surface area contributed by atoms with Crippen molar-refractivity contribution in [3.8, 4) is 0 Å². The van der Waals surface area contributed by atoms with Crippen LogP contribution in [0.5, 0.6) is 0 Å². The number of unbranched alkanes of at least 4 members (excludes halogenated alkanes) is 2. The van der Waals surface area contributed by atoms with Crippen LogP contribution in [-0.2, 0) is 28.7 Å². The molecule has 3 saturated heterocycles. The summed E-state index contributed by atoms with van der Waals surface area (Å²) in [5.74, 6) is -2.74. The van der Waals surface area contributed by atoms with Crippen LogP contribution in [0.1, 0.15) is 83.2 Å². The summed E-state index contributed by atoms with van der Waals surface area (Å²) in [5, 5.41) is 12.4. The van der Waals surface area contributed by atoms with Gasteiger partial charge < -0.3 is 29.7 Å². The summed E-state index contributed by atoms with van der Waals surface area (Å²) in [6.07, 6.45) is 8.25. The van der Waals surface area contributed by atoms with E-state index in [9.17, 15) is 24.3 Å². The molecule has 0 aromatic heterocycles. The molecule has 4 rings (SSSR count). The van der Waals surface area contributed by atoms with Crippen LogP contribution in [0.4, 0.5) is 0 Å². The zero-order valence-corrected chi connectivity index (χ0v) is 27.4. The van der Waals surface area contributed by atoms with Gasteiger partial charge in [-0.05, 0) is 57.4 Å². The number of benzene rings is 1. The maximum atomic E-state index is 14.5. The molecule has 1 aromatic carbocycles. The molecule has 0 radical (unpaired) electrons. The van der Waals surface area contributed by atoms with Gasteiger partial charge in [0.1, 0.15) is 18.2 Å². The second-order valence-corrected chi connectivity index (χ2v) is 12.8. The lowest BCUT2D eigenvalue weighted by atomic mass is 9.70. The number of likely N-dealkylation sites (tertiary alicyclic amines) is 1. The third-order valence-corrected chi connectivity index (χ3v) is 9.72. The monoisotopic (exact) mass is 637 g/mol. The van der Waals surface area contributed by atoms with Crippen LogP contribution in [-0.4, -0.2) is 88.7 Å². The molecule has 252 valence electrons. The average Bonchev–Trinajstić information content (AvgIpc) is 3.70. The van der Waals surface area contributed by atoms with E-state index < -0.39 is 35.6 Å². The van der Waals surface area contributed by atoms with Crippen LogP contribution >= 0.6 is 0 Å². The van der Waals surface area contributed by atoms with Crippen LogP contribution in [0.15, 0.2) is 55.6 Å². The highest BCUT2D eigenvalue weighted by atomic mass is 16.5. The Kier molecular flexibility index (Phi) is 12.6. The topological polar surface area (TPSA) is 125 Å². The Bertz CT molecular complexity index is 1240. The third-order valence-electron chi connectivity index (χ3n) is 9.72. The molecule has 3 aliphatic heterocycles. The molecule has 3 aliphatic rings. The van der Waals surface area contributed by atoms with Crippen molar-refractivity contribution in [1.29, 1.82) is 0 Å². The highest BCUT2D eigenvalue weighted by Gasteiger charge is 2.74. The van der Waals surface area contributed by atoms with Crippen LogP contribution in [0, 0.1) is 11.8 Å². The van der Waals surface area contributed by atoms with Gasteiger partial charge in [-0.15, -0.1) is 13.2 Å². The second-order valence-electron chi connectivity index (χ2n) is 12.8. The van der Waals surface area contributed by atoms with Crippen molar-refractivity contribution >= 4 is 23.7 Å². The summed E-state index contributed by atoms with van der Waals surface area (Å²) in [6.45, 7) is 12.3. The third kappa shape index (κ3) is 7.39. The van der Waals surface area contributed by atoms with Gasteiger partial charge in [0.25, 0.3) is 0 Å². The van der Waals surface area contributed by atoms with E-state index in [1.165, 1.54) is 0 Å². The van der Waals surface area contributed by atoms with Crippen molar-refractivity contribution in [1.82, 2.24) is 15.1 Å². The van der Waals surface area contributed by atoms with E-state index in [1.54, 1.807) is 22.0 Å². The largest absolute Gasteiger partial charge is 0.463 e. The van der Waals surface area contributed by atoms with Gasteiger partial charge in [0.15, 0.2) is 0 Å². The van der Waals surface area contributed by atoms with Crippen LogP contribution in [0.25, 0.3) is 0 Å². The molecule has 46 heavy (non-hydrogen) atoms. The highest BCUT2D eigenvalue weighted by Crippen LogP contribution is 2.58. The van der Waals surface area contributed by atoms with E-state index in [4.69, 9.17) is 9.47 Å². The summed E-state index contributed by atoms with van der Waals surface area (Å²) >= 11 is 0. The van der Waals surface area contributed by atoms with Gasteiger partial charge in [-0.25, -0.2) is 0 Å². The lowest BCUT2D eigenvalue weighted by Crippen LogP contribution is -2.58. The summed E-state index contributed by atoms with van der Waals surface area (Å²) in [5.41, 5.74) is -0.338. The predicted molar refractivity (Wildman–Crippen MR) is 174 cm³/mol. The second kappa shape index (κ2) is 16.4. The number of rotatable bonds is 19. The Morgan fingerprint density at radius 3 is 2.63 bits per heavy atom. The number of aliphatic hydroxyl groups is 1.